The van der Waals surface area contributed by atoms with E-state index in [1.165, 1.54) is 36.8 Å². The van der Waals surface area contributed by atoms with E-state index in [2.05, 4.69) is 52.5 Å². The van der Waals surface area contributed by atoms with Gasteiger partial charge in [-0.15, -0.1) is 0 Å². The number of aliphatic hydroxyl groups is 1. The molecule has 2 aromatic rings. The highest BCUT2D eigenvalue weighted by molar-refractivity contribution is 5.99. The molecule has 2 rings (SSSR count). The third-order valence-corrected chi connectivity index (χ3v) is 12.4. The van der Waals surface area contributed by atoms with Gasteiger partial charge >= 0.3 is 11.9 Å². The number of rotatable bonds is 36. The first-order valence-electron chi connectivity index (χ1n) is 25.7. The number of hydrogen-bond donors (Lipinski definition) is 16. The number of nitrogens with two attached hydrogens (primary N) is 3. The molecule has 1 heterocycles. The molecule has 1 aromatic heterocycles. The molecule has 0 spiro atoms. The number of aromatic amines is 1. The van der Waals surface area contributed by atoms with Gasteiger partial charge in [0.1, 0.15) is 54.1 Å². The smallest absolute Gasteiger partial charge is 0.326 e. The summed E-state index contributed by atoms with van der Waals surface area (Å²) in [5, 5.41) is 59.4. The van der Waals surface area contributed by atoms with E-state index in [1.54, 1.807) is 41.5 Å². The van der Waals surface area contributed by atoms with Gasteiger partial charge in [-0.3, -0.25) is 47.9 Å². The Morgan fingerprint density at radius 1 is 0.628 bits per heavy atom. The normalized spacial score (nSPS) is 15.1. The number of nitrogens with zero attached hydrogens (tertiary/aromatic N) is 1. The van der Waals surface area contributed by atoms with Crippen LogP contribution >= 0.6 is 0 Å². The van der Waals surface area contributed by atoms with Crippen molar-refractivity contribution in [1.82, 2.24) is 52.5 Å². The van der Waals surface area contributed by atoms with Gasteiger partial charge in [0.15, 0.2) is 0 Å². The van der Waals surface area contributed by atoms with Gasteiger partial charge in [0.05, 0.1) is 25.4 Å². The Labute approximate surface area is 451 Å². The third kappa shape index (κ3) is 23.3. The number of primary amides is 1. The Bertz CT molecular complexity index is 2340. The van der Waals surface area contributed by atoms with Crippen molar-refractivity contribution in [3.8, 4) is 5.75 Å². The molecule has 0 unspecified atom stereocenters. The van der Waals surface area contributed by atoms with Crippen molar-refractivity contribution in [1.29, 1.82) is 0 Å². The van der Waals surface area contributed by atoms with Crippen LogP contribution in [0.3, 0.4) is 0 Å². The first-order chi connectivity index (χ1) is 36.7. The number of unbranched alkanes of at least 4 members (excludes halogenated alkanes) is 1. The summed E-state index contributed by atoms with van der Waals surface area (Å²) < 4.78 is 0. The van der Waals surface area contributed by atoms with Crippen molar-refractivity contribution in [2.24, 2.45) is 35.0 Å². The molecule has 28 heteroatoms. The number of phenolic OH excluding ortho intramolecular Hbond substituents is 1. The van der Waals surface area contributed by atoms with E-state index in [0.29, 0.717) is 30.6 Å². The Balaban J connectivity index is 2.44. The molecule has 19 N–H and O–H groups in total. The van der Waals surface area contributed by atoms with E-state index in [9.17, 15) is 73.2 Å². The summed E-state index contributed by atoms with van der Waals surface area (Å²) in [5.41, 5.74) is 17.6. The number of carboxylic acids is 2. The van der Waals surface area contributed by atoms with Gasteiger partial charge in [0.2, 0.25) is 53.2 Å². The number of benzene rings is 1. The predicted octanol–water partition coefficient (Wildman–Crippen LogP) is -3.20. The SMILES string of the molecule is CC[C@H](C)[C@H](NC(=O)[C@H](Cc1ccc(O)cc1)NC(=O)[C@H](CC(=O)O)NC(=O)[C@H](CO)NC(=O)[C@@H](NC(=O)[C@@H](N)CCCCN)C(C)C)C(=O)N[C@@H](CC(C)C)C(=O)N[C@@H](CCC(N)=O)C(=O)N[C@@H](Cc1cnc[nH]1)C(=O)O. The van der Waals surface area contributed by atoms with Crippen LogP contribution in [0, 0.1) is 17.8 Å². The van der Waals surface area contributed by atoms with E-state index in [0.717, 1.165) is 0 Å². The van der Waals surface area contributed by atoms with Crippen LogP contribution in [0.25, 0.3) is 0 Å². The fourth-order valence-corrected chi connectivity index (χ4v) is 7.73. The van der Waals surface area contributed by atoms with Gasteiger partial charge in [-0.1, -0.05) is 66.5 Å². The van der Waals surface area contributed by atoms with E-state index in [4.69, 9.17) is 17.2 Å². The first kappa shape index (κ1) is 66.4. The third-order valence-electron chi connectivity index (χ3n) is 12.4. The molecule has 0 aliphatic carbocycles. The van der Waals surface area contributed by atoms with Crippen LogP contribution in [-0.2, 0) is 65.6 Å². The predicted molar refractivity (Wildman–Crippen MR) is 280 cm³/mol. The second-order valence-corrected chi connectivity index (χ2v) is 19.8. The zero-order valence-corrected chi connectivity index (χ0v) is 44.8. The van der Waals surface area contributed by atoms with Gasteiger partial charge < -0.3 is 85.1 Å². The number of carboxylic acid groups (broad SMARTS) is 2. The number of amides is 9. The molecule has 78 heavy (non-hydrogen) atoms. The molecule has 0 saturated heterocycles. The Morgan fingerprint density at radius 2 is 1.15 bits per heavy atom. The van der Waals surface area contributed by atoms with Gasteiger partial charge in [0.25, 0.3) is 0 Å². The number of H-pyrrole nitrogens is 1. The van der Waals surface area contributed by atoms with Gasteiger partial charge in [-0.25, -0.2) is 9.78 Å². The maximum atomic E-state index is 14.4. The summed E-state index contributed by atoms with van der Waals surface area (Å²) in [4.78, 5) is 153. The van der Waals surface area contributed by atoms with E-state index < -0.39 is 151 Å². The fraction of sp³-hybridized carbons (Fsp3) is 0.600. The molecule has 0 saturated carbocycles. The maximum Gasteiger partial charge on any atom is 0.326 e. The van der Waals surface area contributed by atoms with Crippen LogP contribution in [0.5, 0.6) is 5.75 Å². The molecule has 0 aliphatic heterocycles. The number of phenols is 1. The standard InChI is InChI=1S/C50H79N13O15/c1-7-27(6)41(49(76)59-33(18-25(2)3)44(71)56-32(15-16-38(53)66)43(70)60-36(50(77)78)20-29-22-54-24-55-29)63-46(73)34(19-28-11-13-30(65)14-12-28)57-45(72)35(21-39(67)68)58-47(74)37(23-64)61-48(75)40(26(4)5)62-42(69)31(52)10-8-9-17-51/h11-14,22,24-27,31-37,40-41,64-65H,7-10,15-21,23,51-52H2,1-6H3,(H2,53,66)(H,54,55)(H,56,71)(H,57,72)(H,58,74)(H,59,76)(H,60,70)(H,61,75)(H,62,69)(H,63,73)(H,67,68)(H,77,78)/t27-,31-,32-,33-,34-,35-,36-,37-,40-,41-/m0/s1. The first-order valence-corrected chi connectivity index (χ1v) is 25.7. The molecule has 10 atom stereocenters. The van der Waals surface area contributed by atoms with Crippen molar-refractivity contribution in [3.05, 3.63) is 48.0 Å². The Kier molecular flexibility index (Phi) is 28.5. The van der Waals surface area contributed by atoms with Gasteiger partial charge in [-0.05, 0) is 67.7 Å². The quantitative estimate of drug-likeness (QED) is 0.0299. The van der Waals surface area contributed by atoms with Crippen LogP contribution in [0.1, 0.15) is 104 Å². The van der Waals surface area contributed by atoms with E-state index in [1.807, 2.05) is 0 Å². The highest BCUT2D eigenvalue weighted by Crippen LogP contribution is 2.16. The van der Waals surface area contributed by atoms with Gasteiger partial charge in [0, 0.05) is 31.2 Å². The summed E-state index contributed by atoms with van der Waals surface area (Å²) >= 11 is 0. The highest BCUT2D eigenvalue weighted by Gasteiger charge is 2.37. The van der Waals surface area contributed by atoms with Crippen LogP contribution in [0.2, 0.25) is 0 Å². The minimum atomic E-state index is -1.95. The number of imidazole rings is 1. The van der Waals surface area contributed by atoms with Crippen LogP contribution in [0.4, 0.5) is 0 Å². The largest absolute Gasteiger partial charge is 0.508 e. The zero-order chi connectivity index (χ0) is 58.8. The van der Waals surface area contributed by atoms with Crippen LogP contribution in [0.15, 0.2) is 36.8 Å². The molecule has 0 bridgehead atoms. The van der Waals surface area contributed by atoms with E-state index in [-0.39, 0.29) is 50.2 Å². The Morgan fingerprint density at radius 3 is 1.69 bits per heavy atom. The second kappa shape index (κ2) is 33.4. The molecule has 434 valence electrons. The molecule has 0 radical (unpaired) electrons. The molecule has 9 amide bonds. The summed E-state index contributed by atoms with van der Waals surface area (Å²) in [6, 6.07) is -8.03. The van der Waals surface area contributed by atoms with Crippen molar-refractivity contribution in [2.45, 2.75) is 160 Å². The number of aliphatic carboxylic acids is 2. The molecule has 0 aliphatic rings. The summed E-state index contributed by atoms with van der Waals surface area (Å²) in [5.74, 6) is -13.3. The number of aromatic nitrogens is 2. The minimum Gasteiger partial charge on any atom is -0.508 e. The molecular weight excluding hydrogens is 1020 g/mol. The fourth-order valence-electron chi connectivity index (χ4n) is 7.73. The number of aromatic hydroxyl groups is 1. The molecular formula is C50H79N13O15. The second-order valence-electron chi connectivity index (χ2n) is 19.8. The number of nitrogens with one attached hydrogen (secondary N) is 9. The van der Waals surface area contributed by atoms with Crippen LogP contribution in [-0.4, -0.2) is 163 Å². The van der Waals surface area contributed by atoms with Gasteiger partial charge in [-0.2, -0.15) is 0 Å². The lowest BCUT2D eigenvalue weighted by Crippen LogP contribution is -2.62. The number of hydrogen-bond acceptors (Lipinski definition) is 16. The van der Waals surface area contributed by atoms with Crippen molar-refractivity contribution < 1.29 is 73.2 Å². The lowest BCUT2D eigenvalue weighted by molar-refractivity contribution is -0.142. The number of aliphatic hydroxyl groups excluding tert-OH is 1. The van der Waals surface area contributed by atoms with Crippen molar-refractivity contribution >= 4 is 65.1 Å². The van der Waals surface area contributed by atoms with Crippen LogP contribution < -0.4 is 59.7 Å². The number of carbonyl (C=O) groups excluding carboxylic acids is 9. The topological polar surface area (TPSA) is 472 Å². The van der Waals surface area contributed by atoms with Crippen molar-refractivity contribution in [3.63, 3.8) is 0 Å². The minimum absolute atomic E-state index is 0.0307. The lowest BCUT2D eigenvalue weighted by Gasteiger charge is -2.30. The average molecular weight is 1100 g/mol. The Hall–Kier alpha value is -7.72. The summed E-state index contributed by atoms with van der Waals surface area (Å²) in [6.07, 6.45) is 1.95. The maximum absolute atomic E-state index is 14.4. The van der Waals surface area contributed by atoms with E-state index >= 15 is 0 Å². The zero-order valence-electron chi connectivity index (χ0n) is 44.8. The number of carbonyl (C=O) groups is 11. The molecule has 28 nitrogen and oxygen atoms in total. The average Bonchev–Trinajstić information content (AvgIpc) is 3.89. The lowest BCUT2D eigenvalue weighted by atomic mass is 9.95. The molecule has 1 aromatic carbocycles. The summed E-state index contributed by atoms with van der Waals surface area (Å²) in [6.45, 7) is 9.30. The molecule has 0 fully saturated rings. The monoisotopic (exact) mass is 1100 g/mol. The highest BCUT2D eigenvalue weighted by atomic mass is 16.4. The summed E-state index contributed by atoms with van der Waals surface area (Å²) in [7, 11) is 0. The van der Waals surface area contributed by atoms with Crippen molar-refractivity contribution in [2.75, 3.05) is 13.2 Å².